The van der Waals surface area contributed by atoms with E-state index in [0.717, 1.165) is 9.87 Å². The molecule has 0 radical (unpaired) electrons. The number of likely N-dealkylation sites (N-methyl/N-ethyl adjacent to an activating group) is 1. The molecule has 1 N–H and O–H groups in total. The molecule has 0 spiro atoms. The van der Waals surface area contributed by atoms with Gasteiger partial charge in [0.2, 0.25) is 21.8 Å². The van der Waals surface area contributed by atoms with E-state index in [1.807, 2.05) is 6.92 Å². The molecular formula is C17H21N3O4S. The number of benzene rings is 1. The monoisotopic (exact) mass is 363 g/mol. The Morgan fingerprint density at radius 2 is 1.92 bits per heavy atom. The summed E-state index contributed by atoms with van der Waals surface area (Å²) >= 11 is 0. The highest BCUT2D eigenvalue weighted by Gasteiger charge is 2.22. The van der Waals surface area contributed by atoms with Crippen molar-refractivity contribution in [1.82, 2.24) is 14.6 Å². The Balaban J connectivity index is 1.96. The maximum absolute atomic E-state index is 12.4. The van der Waals surface area contributed by atoms with Crippen molar-refractivity contribution >= 4 is 15.9 Å². The molecule has 2 aromatic rings. The van der Waals surface area contributed by atoms with Crippen LogP contribution in [-0.2, 0) is 21.4 Å². The summed E-state index contributed by atoms with van der Waals surface area (Å²) in [7, 11) is -2.33. The van der Waals surface area contributed by atoms with Gasteiger partial charge in [-0.3, -0.25) is 4.79 Å². The molecule has 0 unspecified atom stereocenters. The first-order valence-electron chi connectivity index (χ1n) is 7.80. The number of sulfonamides is 1. The molecule has 0 fully saturated rings. The zero-order chi connectivity index (χ0) is 18.3. The standard InChI is InChI=1S/C17H21N3O4S/c1-3-24-17-14(8-7-11-18-17)12-19-16(21)13-20(2)25(22,23)15-9-5-4-6-10-15/h4-11H,3,12-13H2,1-2H3,(H,19,21). The lowest BCUT2D eigenvalue weighted by Crippen LogP contribution is -2.38. The summed E-state index contributed by atoms with van der Waals surface area (Å²) in [5, 5.41) is 2.69. The topological polar surface area (TPSA) is 88.6 Å². The van der Waals surface area contributed by atoms with Crippen LogP contribution in [0.2, 0.25) is 0 Å². The van der Waals surface area contributed by atoms with Gasteiger partial charge in [0.15, 0.2) is 0 Å². The second-order valence-electron chi connectivity index (χ2n) is 5.25. The van der Waals surface area contributed by atoms with Crippen LogP contribution in [0.1, 0.15) is 12.5 Å². The molecule has 2 rings (SSSR count). The molecule has 7 nitrogen and oxygen atoms in total. The SMILES string of the molecule is CCOc1ncccc1CNC(=O)CN(C)S(=O)(=O)c1ccccc1. The molecule has 1 amide bonds. The Morgan fingerprint density at radius 3 is 2.60 bits per heavy atom. The van der Waals surface area contributed by atoms with E-state index in [2.05, 4.69) is 10.3 Å². The zero-order valence-corrected chi connectivity index (χ0v) is 15.0. The fourth-order valence-electron chi connectivity index (χ4n) is 2.13. The summed E-state index contributed by atoms with van der Waals surface area (Å²) in [5.41, 5.74) is 0.728. The van der Waals surface area contributed by atoms with Crippen molar-refractivity contribution in [3.8, 4) is 5.88 Å². The molecule has 0 saturated carbocycles. The summed E-state index contributed by atoms with van der Waals surface area (Å²) in [6.07, 6.45) is 1.61. The molecule has 0 aliphatic heterocycles. The first-order chi connectivity index (χ1) is 11.9. The lowest BCUT2D eigenvalue weighted by atomic mass is 10.2. The van der Waals surface area contributed by atoms with Crippen molar-refractivity contribution in [2.24, 2.45) is 0 Å². The number of pyridine rings is 1. The molecule has 1 heterocycles. The fourth-order valence-corrected chi connectivity index (χ4v) is 3.28. The third kappa shape index (κ3) is 5.01. The Morgan fingerprint density at radius 1 is 1.20 bits per heavy atom. The van der Waals surface area contributed by atoms with Gasteiger partial charge in [0.25, 0.3) is 0 Å². The van der Waals surface area contributed by atoms with E-state index in [1.54, 1.807) is 36.5 Å². The van der Waals surface area contributed by atoms with Crippen LogP contribution < -0.4 is 10.1 Å². The normalized spacial score (nSPS) is 11.3. The van der Waals surface area contributed by atoms with Crippen LogP contribution in [0, 0.1) is 0 Å². The molecule has 1 aromatic heterocycles. The minimum absolute atomic E-state index is 0.149. The second-order valence-corrected chi connectivity index (χ2v) is 7.30. The molecule has 0 bridgehead atoms. The van der Waals surface area contributed by atoms with Crippen LogP contribution in [0.3, 0.4) is 0 Å². The molecule has 0 saturated heterocycles. The molecule has 0 aliphatic carbocycles. The van der Waals surface area contributed by atoms with Gasteiger partial charge in [0.05, 0.1) is 18.0 Å². The van der Waals surface area contributed by atoms with Gasteiger partial charge < -0.3 is 10.1 Å². The van der Waals surface area contributed by atoms with Gasteiger partial charge >= 0.3 is 0 Å². The van der Waals surface area contributed by atoms with E-state index in [1.165, 1.54) is 19.2 Å². The number of carbonyl (C=O) groups excluding carboxylic acids is 1. The van der Waals surface area contributed by atoms with E-state index in [4.69, 9.17) is 4.74 Å². The average molecular weight is 363 g/mol. The van der Waals surface area contributed by atoms with Crippen LogP contribution in [0.4, 0.5) is 0 Å². The number of nitrogens with zero attached hydrogens (tertiary/aromatic N) is 2. The molecule has 8 heteroatoms. The van der Waals surface area contributed by atoms with Crippen LogP contribution in [0.25, 0.3) is 0 Å². The van der Waals surface area contributed by atoms with Crippen molar-refractivity contribution in [3.63, 3.8) is 0 Å². The van der Waals surface area contributed by atoms with Gasteiger partial charge in [0.1, 0.15) is 0 Å². The molecule has 0 atom stereocenters. The van der Waals surface area contributed by atoms with Crippen LogP contribution in [-0.4, -0.2) is 43.8 Å². The van der Waals surface area contributed by atoms with E-state index >= 15 is 0 Å². The summed E-state index contributed by atoms with van der Waals surface area (Å²) in [6, 6.07) is 11.5. The van der Waals surface area contributed by atoms with E-state index in [0.29, 0.717) is 12.5 Å². The van der Waals surface area contributed by atoms with Gasteiger partial charge in [-0.15, -0.1) is 0 Å². The quantitative estimate of drug-likeness (QED) is 0.766. The van der Waals surface area contributed by atoms with Crippen molar-refractivity contribution in [1.29, 1.82) is 0 Å². The summed E-state index contributed by atoms with van der Waals surface area (Å²) in [5.74, 6) is 0.0452. The maximum atomic E-state index is 12.4. The molecular weight excluding hydrogens is 342 g/mol. The first kappa shape index (κ1) is 18.9. The minimum atomic E-state index is -3.70. The number of rotatable bonds is 8. The third-order valence-electron chi connectivity index (χ3n) is 3.42. The van der Waals surface area contributed by atoms with Gasteiger partial charge in [-0.05, 0) is 25.1 Å². The number of amides is 1. The predicted molar refractivity (Wildman–Crippen MR) is 93.5 cm³/mol. The molecule has 25 heavy (non-hydrogen) atoms. The van der Waals surface area contributed by atoms with Crippen LogP contribution in [0.5, 0.6) is 5.88 Å². The van der Waals surface area contributed by atoms with Crippen molar-refractivity contribution in [2.75, 3.05) is 20.2 Å². The Bertz CT molecular complexity index is 810. The highest BCUT2D eigenvalue weighted by molar-refractivity contribution is 7.89. The highest BCUT2D eigenvalue weighted by Crippen LogP contribution is 2.15. The van der Waals surface area contributed by atoms with Crippen LogP contribution in [0.15, 0.2) is 53.6 Å². The lowest BCUT2D eigenvalue weighted by Gasteiger charge is -2.17. The van der Waals surface area contributed by atoms with E-state index in [-0.39, 0.29) is 18.0 Å². The second kappa shape index (κ2) is 8.59. The predicted octanol–water partition coefficient (Wildman–Crippen LogP) is 1.42. The number of aromatic nitrogens is 1. The Labute approximate surface area is 147 Å². The summed E-state index contributed by atoms with van der Waals surface area (Å²) in [4.78, 5) is 16.4. The lowest BCUT2D eigenvalue weighted by molar-refractivity contribution is -0.121. The summed E-state index contributed by atoms with van der Waals surface area (Å²) < 4.78 is 31.2. The molecule has 1 aromatic carbocycles. The number of carbonyl (C=O) groups is 1. The number of hydrogen-bond acceptors (Lipinski definition) is 5. The minimum Gasteiger partial charge on any atom is -0.478 e. The maximum Gasteiger partial charge on any atom is 0.243 e. The van der Waals surface area contributed by atoms with E-state index in [9.17, 15) is 13.2 Å². The average Bonchev–Trinajstić information content (AvgIpc) is 2.62. The number of hydrogen-bond donors (Lipinski definition) is 1. The smallest absolute Gasteiger partial charge is 0.243 e. The summed E-state index contributed by atoms with van der Waals surface area (Å²) in [6.45, 7) is 2.25. The van der Waals surface area contributed by atoms with Gasteiger partial charge in [0, 0.05) is 25.4 Å². The van der Waals surface area contributed by atoms with Crippen molar-refractivity contribution in [2.45, 2.75) is 18.4 Å². The van der Waals surface area contributed by atoms with Crippen molar-refractivity contribution in [3.05, 3.63) is 54.2 Å². The van der Waals surface area contributed by atoms with Crippen LogP contribution >= 0.6 is 0 Å². The first-order valence-corrected chi connectivity index (χ1v) is 9.24. The third-order valence-corrected chi connectivity index (χ3v) is 5.24. The number of nitrogens with one attached hydrogen (secondary N) is 1. The molecule has 0 aliphatic rings. The van der Waals surface area contributed by atoms with E-state index < -0.39 is 15.9 Å². The van der Waals surface area contributed by atoms with Gasteiger partial charge in [-0.25, -0.2) is 13.4 Å². The Kier molecular flexibility index (Phi) is 6.49. The zero-order valence-electron chi connectivity index (χ0n) is 14.2. The molecule has 134 valence electrons. The van der Waals surface area contributed by atoms with Gasteiger partial charge in [-0.2, -0.15) is 4.31 Å². The largest absolute Gasteiger partial charge is 0.478 e. The Hall–Kier alpha value is -2.45. The van der Waals surface area contributed by atoms with Crippen molar-refractivity contribution < 1.29 is 17.9 Å². The number of ether oxygens (including phenoxy) is 1. The van der Waals surface area contributed by atoms with Gasteiger partial charge in [-0.1, -0.05) is 24.3 Å². The fraction of sp³-hybridized carbons (Fsp3) is 0.294. The highest BCUT2D eigenvalue weighted by atomic mass is 32.2.